The van der Waals surface area contributed by atoms with Crippen LogP contribution in [0.2, 0.25) is 0 Å². The van der Waals surface area contributed by atoms with E-state index < -0.39 is 10.8 Å². The summed E-state index contributed by atoms with van der Waals surface area (Å²) in [7, 11) is 1.19. The van der Waals surface area contributed by atoms with Crippen molar-refractivity contribution in [1.82, 2.24) is 9.88 Å². The molecule has 17 heavy (non-hydrogen) atoms. The van der Waals surface area contributed by atoms with Crippen LogP contribution in [0.3, 0.4) is 0 Å². The van der Waals surface area contributed by atoms with Gasteiger partial charge in [0.15, 0.2) is 0 Å². The minimum absolute atomic E-state index is 0.689. The summed E-state index contributed by atoms with van der Waals surface area (Å²) in [5.41, 5.74) is 2.96. The van der Waals surface area contributed by atoms with E-state index in [1.54, 1.807) is 6.26 Å². The average Bonchev–Trinajstić information content (AvgIpc) is 2.56. The van der Waals surface area contributed by atoms with Crippen molar-refractivity contribution in [2.75, 3.05) is 18.6 Å². The molecule has 0 spiro atoms. The van der Waals surface area contributed by atoms with Crippen molar-refractivity contribution in [3.63, 3.8) is 0 Å². The molecule has 0 bridgehead atoms. The molecule has 0 amide bonds. The number of rotatable bonds is 6. The van der Waals surface area contributed by atoms with Crippen LogP contribution >= 0.6 is 0 Å². The van der Waals surface area contributed by atoms with Gasteiger partial charge in [-0.1, -0.05) is 0 Å². The highest BCUT2D eigenvalue weighted by Gasteiger charge is 2.07. The SMILES string of the molecule is Cc1c(CNCCCS(C)=O)cc(C#N)n1C. The first-order chi connectivity index (χ1) is 8.06. The molecule has 0 aliphatic heterocycles. The fraction of sp³-hybridized carbons (Fsp3) is 0.583. The molecule has 1 aromatic rings. The van der Waals surface area contributed by atoms with Gasteiger partial charge in [0, 0.05) is 42.1 Å². The molecule has 1 rings (SSSR count). The van der Waals surface area contributed by atoms with E-state index in [1.165, 1.54) is 0 Å². The predicted molar refractivity (Wildman–Crippen MR) is 70.1 cm³/mol. The van der Waals surface area contributed by atoms with Gasteiger partial charge < -0.3 is 9.88 Å². The zero-order chi connectivity index (χ0) is 12.8. The maximum Gasteiger partial charge on any atom is 0.120 e. The minimum atomic E-state index is -0.706. The maximum atomic E-state index is 10.9. The second-order valence-corrected chi connectivity index (χ2v) is 5.67. The Morgan fingerprint density at radius 3 is 2.82 bits per heavy atom. The van der Waals surface area contributed by atoms with E-state index in [0.717, 1.165) is 36.5 Å². The molecular weight excluding hydrogens is 234 g/mol. The monoisotopic (exact) mass is 253 g/mol. The fourth-order valence-corrected chi connectivity index (χ4v) is 2.22. The second-order valence-electron chi connectivity index (χ2n) is 4.12. The van der Waals surface area contributed by atoms with Crippen molar-refractivity contribution in [3.05, 3.63) is 23.0 Å². The lowest BCUT2D eigenvalue weighted by Gasteiger charge is -2.04. The molecule has 94 valence electrons. The predicted octanol–water partition coefficient (Wildman–Crippen LogP) is 1.06. The summed E-state index contributed by atoms with van der Waals surface area (Å²) in [5, 5.41) is 12.2. The van der Waals surface area contributed by atoms with Crippen LogP contribution in [0, 0.1) is 18.3 Å². The van der Waals surface area contributed by atoms with Gasteiger partial charge in [0.25, 0.3) is 0 Å². The van der Waals surface area contributed by atoms with Crippen LogP contribution in [0.15, 0.2) is 6.07 Å². The van der Waals surface area contributed by atoms with Gasteiger partial charge in [0.05, 0.1) is 0 Å². The third kappa shape index (κ3) is 3.99. The molecule has 1 aromatic heterocycles. The van der Waals surface area contributed by atoms with Crippen LogP contribution in [-0.2, 0) is 24.4 Å². The Bertz CT molecular complexity index is 445. The van der Waals surface area contributed by atoms with Gasteiger partial charge in [-0.3, -0.25) is 4.21 Å². The molecule has 0 radical (unpaired) electrons. The molecule has 5 heteroatoms. The van der Waals surface area contributed by atoms with E-state index in [2.05, 4.69) is 11.4 Å². The maximum absolute atomic E-state index is 10.9. The van der Waals surface area contributed by atoms with E-state index >= 15 is 0 Å². The molecular formula is C12H19N3OS. The van der Waals surface area contributed by atoms with Crippen molar-refractivity contribution < 1.29 is 4.21 Å². The van der Waals surface area contributed by atoms with Gasteiger partial charge in [-0.25, -0.2) is 0 Å². The van der Waals surface area contributed by atoms with Gasteiger partial charge in [-0.2, -0.15) is 5.26 Å². The smallest absolute Gasteiger partial charge is 0.120 e. The van der Waals surface area contributed by atoms with Crippen LogP contribution in [-0.4, -0.2) is 27.3 Å². The highest BCUT2D eigenvalue weighted by Crippen LogP contribution is 2.12. The third-order valence-corrected chi connectivity index (χ3v) is 3.72. The number of hydrogen-bond acceptors (Lipinski definition) is 3. The zero-order valence-corrected chi connectivity index (χ0v) is 11.4. The lowest BCUT2D eigenvalue weighted by molar-refractivity contribution is 0.659. The van der Waals surface area contributed by atoms with Gasteiger partial charge in [-0.15, -0.1) is 0 Å². The average molecular weight is 253 g/mol. The molecule has 0 saturated carbocycles. The summed E-state index contributed by atoms with van der Waals surface area (Å²) in [4.78, 5) is 0. The van der Waals surface area contributed by atoms with Crippen molar-refractivity contribution in [2.24, 2.45) is 7.05 Å². The summed E-state index contributed by atoms with van der Waals surface area (Å²) in [6.45, 7) is 3.63. The molecule has 0 aliphatic carbocycles. The largest absolute Gasteiger partial charge is 0.340 e. The van der Waals surface area contributed by atoms with Crippen LogP contribution < -0.4 is 5.32 Å². The van der Waals surface area contributed by atoms with E-state index in [0.29, 0.717) is 5.69 Å². The van der Waals surface area contributed by atoms with Crippen molar-refractivity contribution >= 4 is 10.8 Å². The van der Waals surface area contributed by atoms with Crippen LogP contribution in [0.5, 0.6) is 0 Å². The molecule has 1 unspecified atom stereocenters. The summed E-state index contributed by atoms with van der Waals surface area (Å²) < 4.78 is 12.8. The molecule has 0 aromatic carbocycles. The molecule has 1 atom stereocenters. The van der Waals surface area contributed by atoms with Crippen molar-refractivity contribution in [3.8, 4) is 6.07 Å². The molecule has 4 nitrogen and oxygen atoms in total. The van der Waals surface area contributed by atoms with Crippen LogP contribution in [0.1, 0.15) is 23.4 Å². The molecule has 0 fully saturated rings. The summed E-state index contributed by atoms with van der Waals surface area (Å²) in [5.74, 6) is 0.740. The quantitative estimate of drug-likeness (QED) is 0.771. The van der Waals surface area contributed by atoms with E-state index in [4.69, 9.17) is 5.26 Å². The van der Waals surface area contributed by atoms with Crippen molar-refractivity contribution in [2.45, 2.75) is 19.9 Å². The Hall–Kier alpha value is -1.12. The Morgan fingerprint density at radius 1 is 1.59 bits per heavy atom. The minimum Gasteiger partial charge on any atom is -0.340 e. The highest BCUT2D eigenvalue weighted by molar-refractivity contribution is 7.84. The summed E-state index contributed by atoms with van der Waals surface area (Å²) >= 11 is 0. The van der Waals surface area contributed by atoms with Gasteiger partial charge >= 0.3 is 0 Å². The highest BCUT2D eigenvalue weighted by atomic mass is 32.2. The Morgan fingerprint density at radius 2 is 2.29 bits per heavy atom. The Kier molecular flexibility index (Phi) is 5.39. The number of aromatic nitrogens is 1. The number of nitriles is 1. The number of nitrogens with one attached hydrogen (secondary N) is 1. The normalized spacial score (nSPS) is 12.4. The van der Waals surface area contributed by atoms with Gasteiger partial charge in [0.2, 0.25) is 0 Å². The number of hydrogen-bond donors (Lipinski definition) is 1. The fourth-order valence-electron chi connectivity index (χ4n) is 1.67. The molecule has 1 heterocycles. The third-order valence-electron chi connectivity index (χ3n) is 2.86. The van der Waals surface area contributed by atoms with E-state index in [-0.39, 0.29) is 0 Å². The van der Waals surface area contributed by atoms with Gasteiger partial charge in [-0.05, 0) is 31.5 Å². The second kappa shape index (κ2) is 6.58. The number of nitrogens with zero attached hydrogens (tertiary/aromatic N) is 2. The first-order valence-electron chi connectivity index (χ1n) is 5.62. The first kappa shape index (κ1) is 13.9. The lowest BCUT2D eigenvalue weighted by Crippen LogP contribution is -2.17. The van der Waals surface area contributed by atoms with Gasteiger partial charge in [0.1, 0.15) is 11.8 Å². The zero-order valence-electron chi connectivity index (χ0n) is 10.6. The van der Waals surface area contributed by atoms with Crippen molar-refractivity contribution in [1.29, 1.82) is 5.26 Å². The van der Waals surface area contributed by atoms with Crippen LogP contribution in [0.25, 0.3) is 0 Å². The lowest BCUT2D eigenvalue weighted by atomic mass is 10.2. The Labute approximate surface area is 105 Å². The summed E-state index contributed by atoms with van der Waals surface area (Å²) in [6.07, 6.45) is 2.64. The molecule has 1 N–H and O–H groups in total. The first-order valence-corrected chi connectivity index (χ1v) is 7.35. The van der Waals surface area contributed by atoms with Crippen LogP contribution in [0.4, 0.5) is 0 Å². The molecule has 0 aliphatic rings. The molecule has 0 saturated heterocycles. The topological polar surface area (TPSA) is 57.8 Å². The van der Waals surface area contributed by atoms with E-state index in [9.17, 15) is 4.21 Å². The standard InChI is InChI=1S/C12H19N3OS/c1-10-11(7-12(8-13)15(10)2)9-14-5-4-6-17(3)16/h7,14H,4-6,9H2,1-3H3. The Balaban J connectivity index is 2.42. The van der Waals surface area contributed by atoms with E-state index in [1.807, 2.05) is 24.6 Å². The summed E-state index contributed by atoms with van der Waals surface area (Å²) in [6, 6.07) is 4.08.